The summed E-state index contributed by atoms with van der Waals surface area (Å²) >= 11 is 5.47. The summed E-state index contributed by atoms with van der Waals surface area (Å²) in [5.41, 5.74) is 0. The molecule has 1 N–H and O–H groups in total. The van der Waals surface area contributed by atoms with E-state index < -0.39 is 10.0 Å². The Morgan fingerprint density at radius 2 is 2.00 bits per heavy atom. The van der Waals surface area contributed by atoms with Gasteiger partial charge in [-0.2, -0.15) is 0 Å². The standard InChI is InChI=1S/C11H21ClN2O3S/c1-2-3-11(15)13-10-4-7-14(8-5-10)18(16,17)9-6-12/h10H,2-9H2,1H3,(H,13,15). The monoisotopic (exact) mass is 296 g/mol. The molecule has 0 aliphatic carbocycles. The van der Waals surface area contributed by atoms with Crippen LogP contribution in [0.2, 0.25) is 0 Å². The number of amides is 1. The minimum atomic E-state index is -3.21. The summed E-state index contributed by atoms with van der Waals surface area (Å²) in [5.74, 6) is 0.163. The van der Waals surface area contributed by atoms with E-state index in [1.54, 1.807) is 0 Å². The average Bonchev–Trinajstić information content (AvgIpc) is 2.30. The molecule has 0 bridgehead atoms. The maximum atomic E-state index is 11.8. The van der Waals surface area contributed by atoms with Crippen LogP contribution in [0.25, 0.3) is 0 Å². The highest BCUT2D eigenvalue weighted by Gasteiger charge is 2.27. The third-order valence-corrected chi connectivity index (χ3v) is 5.31. The summed E-state index contributed by atoms with van der Waals surface area (Å²) in [7, 11) is -3.21. The Bertz CT molecular complexity index is 364. The fraction of sp³-hybridized carbons (Fsp3) is 0.909. The van der Waals surface area contributed by atoms with Crippen LogP contribution in [-0.4, -0.2) is 49.4 Å². The number of alkyl halides is 1. The van der Waals surface area contributed by atoms with Crippen LogP contribution < -0.4 is 5.32 Å². The van der Waals surface area contributed by atoms with Crippen LogP contribution >= 0.6 is 11.6 Å². The molecule has 0 aromatic carbocycles. The lowest BCUT2D eigenvalue weighted by molar-refractivity contribution is -0.122. The van der Waals surface area contributed by atoms with Gasteiger partial charge in [-0.1, -0.05) is 6.92 Å². The molecule has 1 rings (SSSR count). The lowest BCUT2D eigenvalue weighted by Gasteiger charge is -2.31. The topological polar surface area (TPSA) is 66.5 Å². The summed E-state index contributed by atoms with van der Waals surface area (Å²) in [4.78, 5) is 11.4. The van der Waals surface area contributed by atoms with Gasteiger partial charge in [0, 0.05) is 31.4 Å². The molecule has 0 aromatic rings. The largest absolute Gasteiger partial charge is 0.353 e. The number of carbonyl (C=O) groups is 1. The number of carbonyl (C=O) groups excluding carboxylic acids is 1. The van der Waals surface area contributed by atoms with Gasteiger partial charge in [0.25, 0.3) is 0 Å². The van der Waals surface area contributed by atoms with Crippen molar-refractivity contribution in [1.82, 2.24) is 9.62 Å². The van der Waals surface area contributed by atoms with Crippen molar-refractivity contribution in [3.8, 4) is 0 Å². The van der Waals surface area contributed by atoms with Gasteiger partial charge in [-0.15, -0.1) is 11.6 Å². The average molecular weight is 297 g/mol. The second-order valence-corrected chi connectivity index (χ2v) is 6.96. The molecule has 5 nitrogen and oxygen atoms in total. The Morgan fingerprint density at radius 3 is 2.50 bits per heavy atom. The molecule has 1 amide bonds. The van der Waals surface area contributed by atoms with Gasteiger partial charge in [-0.25, -0.2) is 12.7 Å². The maximum absolute atomic E-state index is 11.8. The SMILES string of the molecule is CCCC(=O)NC1CCN(S(=O)(=O)CCCl)CC1. The van der Waals surface area contributed by atoms with Crippen molar-refractivity contribution in [2.45, 2.75) is 38.6 Å². The van der Waals surface area contributed by atoms with E-state index in [0.29, 0.717) is 32.4 Å². The molecular weight excluding hydrogens is 276 g/mol. The lowest BCUT2D eigenvalue weighted by Crippen LogP contribution is -2.47. The van der Waals surface area contributed by atoms with Crippen molar-refractivity contribution in [2.75, 3.05) is 24.7 Å². The van der Waals surface area contributed by atoms with E-state index in [-0.39, 0.29) is 23.6 Å². The molecule has 0 unspecified atom stereocenters. The minimum Gasteiger partial charge on any atom is -0.353 e. The van der Waals surface area contributed by atoms with Gasteiger partial charge in [0.15, 0.2) is 0 Å². The highest BCUT2D eigenvalue weighted by atomic mass is 35.5. The molecule has 0 aromatic heterocycles. The molecule has 1 heterocycles. The van der Waals surface area contributed by atoms with E-state index in [0.717, 1.165) is 6.42 Å². The van der Waals surface area contributed by atoms with Crippen molar-refractivity contribution in [3.05, 3.63) is 0 Å². The summed E-state index contributed by atoms with van der Waals surface area (Å²) in [6, 6.07) is 0.103. The first-order valence-corrected chi connectivity index (χ1v) is 8.47. The first kappa shape index (κ1) is 15.7. The third-order valence-electron chi connectivity index (χ3n) is 3.02. The van der Waals surface area contributed by atoms with Gasteiger partial charge in [0.1, 0.15) is 0 Å². The van der Waals surface area contributed by atoms with Gasteiger partial charge >= 0.3 is 0 Å². The van der Waals surface area contributed by atoms with Crippen LogP contribution in [0.5, 0.6) is 0 Å². The molecule has 1 aliphatic rings. The van der Waals surface area contributed by atoms with Gasteiger partial charge in [0.05, 0.1) is 5.75 Å². The molecule has 0 saturated carbocycles. The summed E-state index contributed by atoms with van der Waals surface area (Å²) in [6.07, 6.45) is 2.72. The summed E-state index contributed by atoms with van der Waals surface area (Å²) in [5, 5.41) is 2.94. The highest BCUT2D eigenvalue weighted by molar-refractivity contribution is 7.89. The van der Waals surface area contributed by atoms with E-state index in [2.05, 4.69) is 5.32 Å². The Labute approximate surface area is 114 Å². The lowest BCUT2D eigenvalue weighted by atomic mass is 10.1. The molecule has 1 saturated heterocycles. The van der Waals surface area contributed by atoms with Gasteiger partial charge in [-0.05, 0) is 19.3 Å². The first-order chi connectivity index (χ1) is 8.49. The van der Waals surface area contributed by atoms with E-state index in [9.17, 15) is 13.2 Å². The van der Waals surface area contributed by atoms with Gasteiger partial charge in [-0.3, -0.25) is 4.79 Å². The van der Waals surface area contributed by atoms with Crippen molar-refractivity contribution in [3.63, 3.8) is 0 Å². The quantitative estimate of drug-likeness (QED) is 0.742. The van der Waals surface area contributed by atoms with Crippen molar-refractivity contribution >= 4 is 27.5 Å². The molecule has 0 atom stereocenters. The fourth-order valence-electron chi connectivity index (χ4n) is 2.03. The normalized spacial score (nSPS) is 18.8. The number of rotatable bonds is 6. The number of nitrogens with one attached hydrogen (secondary N) is 1. The number of hydrogen-bond donors (Lipinski definition) is 1. The van der Waals surface area contributed by atoms with Crippen LogP contribution in [-0.2, 0) is 14.8 Å². The molecular formula is C11H21ClN2O3S. The number of piperidine rings is 1. The van der Waals surface area contributed by atoms with Gasteiger partial charge < -0.3 is 5.32 Å². The smallest absolute Gasteiger partial charge is 0.220 e. The van der Waals surface area contributed by atoms with Crippen LogP contribution in [0.15, 0.2) is 0 Å². The molecule has 106 valence electrons. The predicted molar refractivity (Wildman–Crippen MR) is 72.2 cm³/mol. The van der Waals surface area contributed by atoms with Crippen LogP contribution in [0.1, 0.15) is 32.6 Å². The van der Waals surface area contributed by atoms with E-state index >= 15 is 0 Å². The van der Waals surface area contributed by atoms with E-state index in [1.165, 1.54) is 4.31 Å². The highest BCUT2D eigenvalue weighted by Crippen LogP contribution is 2.15. The molecule has 1 aliphatic heterocycles. The number of sulfonamides is 1. The van der Waals surface area contributed by atoms with Crippen LogP contribution in [0, 0.1) is 0 Å². The van der Waals surface area contributed by atoms with Crippen molar-refractivity contribution < 1.29 is 13.2 Å². The Hall–Kier alpha value is -0.330. The Balaban J connectivity index is 2.39. The van der Waals surface area contributed by atoms with Gasteiger partial charge in [0.2, 0.25) is 15.9 Å². The number of hydrogen-bond acceptors (Lipinski definition) is 3. The summed E-state index contributed by atoms with van der Waals surface area (Å²) < 4.78 is 25.0. The first-order valence-electron chi connectivity index (χ1n) is 6.32. The molecule has 0 radical (unpaired) electrons. The minimum absolute atomic E-state index is 0.0125. The Kier molecular flexibility index (Phi) is 6.38. The number of nitrogens with zero attached hydrogens (tertiary/aromatic N) is 1. The van der Waals surface area contributed by atoms with Crippen molar-refractivity contribution in [1.29, 1.82) is 0 Å². The zero-order valence-electron chi connectivity index (χ0n) is 10.7. The predicted octanol–water partition coefficient (Wildman–Crippen LogP) is 0.936. The molecule has 0 spiro atoms. The Morgan fingerprint density at radius 1 is 1.39 bits per heavy atom. The van der Waals surface area contributed by atoms with Crippen LogP contribution in [0.3, 0.4) is 0 Å². The summed E-state index contributed by atoms with van der Waals surface area (Å²) in [6.45, 7) is 2.90. The zero-order chi connectivity index (χ0) is 13.6. The molecule has 1 fully saturated rings. The van der Waals surface area contributed by atoms with Crippen LogP contribution in [0.4, 0.5) is 0 Å². The second kappa shape index (κ2) is 7.31. The zero-order valence-corrected chi connectivity index (χ0v) is 12.3. The molecule has 18 heavy (non-hydrogen) atoms. The fourth-order valence-corrected chi connectivity index (χ4v) is 3.84. The van der Waals surface area contributed by atoms with Crippen molar-refractivity contribution in [2.24, 2.45) is 0 Å². The van der Waals surface area contributed by atoms with E-state index in [4.69, 9.17) is 11.6 Å². The maximum Gasteiger partial charge on any atom is 0.220 e. The molecule has 7 heteroatoms. The third kappa shape index (κ3) is 4.74. The number of halogens is 1. The van der Waals surface area contributed by atoms with E-state index in [1.807, 2.05) is 6.92 Å². The second-order valence-electron chi connectivity index (χ2n) is 4.50.